The minimum absolute atomic E-state index is 0. The molecule has 0 aliphatic rings. The van der Waals surface area contributed by atoms with E-state index in [0.29, 0.717) is 0 Å². The van der Waals surface area contributed by atoms with Gasteiger partial charge in [0.25, 0.3) is 10.8 Å². The molecule has 0 amide bonds. The summed E-state index contributed by atoms with van der Waals surface area (Å²) in [6.07, 6.45) is 0. The van der Waals surface area contributed by atoms with E-state index in [1.807, 2.05) is 0 Å². The minimum Gasteiger partial charge on any atom is -1.00 e. The normalized spacial score (nSPS) is 7.20. The molecule has 0 atom stereocenters. The smallest absolute Gasteiger partial charge is 1.00 e. The van der Waals surface area contributed by atoms with Crippen molar-refractivity contribution in [1.82, 2.24) is 0 Å². The second kappa shape index (κ2) is 5.74. The third kappa shape index (κ3) is 26.5. The van der Waals surface area contributed by atoms with Gasteiger partial charge in [0.1, 0.15) is 0 Å². The molecule has 0 saturated carbocycles. The molecule has 3 nitrogen and oxygen atoms in total. The first kappa shape index (κ1) is 9.88. The summed E-state index contributed by atoms with van der Waals surface area (Å²) < 4.78 is 24.0. The zero-order valence-corrected chi connectivity index (χ0v) is 7.55. The summed E-state index contributed by atoms with van der Waals surface area (Å²) in [7, 11) is -2.60. The van der Waals surface area contributed by atoms with Gasteiger partial charge in [-0.05, 0) is 0 Å². The van der Waals surface area contributed by atoms with Crippen LogP contribution >= 0.6 is 0 Å². The van der Waals surface area contributed by atoms with Gasteiger partial charge in [-0.2, -0.15) is 0 Å². The molecule has 0 aromatic rings. The van der Waals surface area contributed by atoms with Gasteiger partial charge >= 0.3 is 48.9 Å². The molecule has 0 radical (unpaired) electrons. The molecule has 0 aromatic carbocycles. The van der Waals surface area contributed by atoms with Crippen molar-refractivity contribution in [3.8, 4) is 0 Å². The van der Waals surface area contributed by atoms with Crippen molar-refractivity contribution in [1.29, 1.82) is 0 Å². The van der Waals surface area contributed by atoms with Gasteiger partial charge in [-0.1, -0.05) is 0 Å². The second-order valence-corrected chi connectivity index (χ2v) is 0.603. The molecule has 0 bridgehead atoms. The second-order valence-electron chi connectivity index (χ2n) is 0.201. The van der Waals surface area contributed by atoms with Crippen molar-refractivity contribution in [2.75, 3.05) is 0 Å². The quantitative estimate of drug-likeness (QED) is 0.443. The van der Waals surface area contributed by atoms with Gasteiger partial charge in [0, 0.05) is 4.66 Å². The van der Waals surface area contributed by atoms with E-state index in [4.69, 9.17) is 14.0 Å². The van der Waals surface area contributed by atoms with Crippen LogP contribution in [0.15, 0.2) is 0 Å². The summed E-state index contributed by atoms with van der Waals surface area (Å²) in [6, 6.07) is 0. The van der Waals surface area contributed by atoms with E-state index in [1.54, 1.807) is 0 Å². The van der Waals surface area contributed by atoms with Crippen LogP contribution in [0.3, 0.4) is 0 Å². The molecule has 5 heavy (non-hydrogen) atoms. The van der Waals surface area contributed by atoms with Gasteiger partial charge in [0.2, 0.25) is 0 Å². The molecule has 0 spiro atoms. The summed E-state index contributed by atoms with van der Waals surface area (Å²) in [5.74, 6) is 0. The fraction of sp³-hybridized carbons (Fsp3) is 0. The first-order chi connectivity index (χ1) is 1.73. The SMILES string of the molecule is [Ba+2].[H-].[H-].[O-][Cl+2]([O-])O. The Morgan fingerprint density at radius 1 is 1.60 bits per heavy atom. The molecule has 0 heterocycles. The monoisotopic (exact) mass is 224 g/mol. The molecule has 30 valence electrons. The standard InChI is InChI=1S/Ba.ClHO3.2H/c;2-1(3)4;;/h;2H;;/q+2;;2*-1. The molecule has 0 unspecified atom stereocenters. The maximum Gasteiger partial charge on any atom is 2.00 e. The fourth-order valence-corrected chi connectivity index (χ4v) is 0. The number of hydrogen-bond acceptors (Lipinski definition) is 3. The first-order valence-corrected chi connectivity index (χ1v) is 1.43. The Labute approximate surface area is 75.4 Å². The molecular formula is H3BaClO3. The third-order valence-corrected chi connectivity index (χ3v) is 0. The Kier molecular flexibility index (Phi) is 11.4. The van der Waals surface area contributed by atoms with Crippen LogP contribution in [0.4, 0.5) is 0 Å². The average molecular weight is 224 g/mol. The maximum absolute atomic E-state index is 8.52. The van der Waals surface area contributed by atoms with E-state index in [1.165, 1.54) is 0 Å². The average Bonchev–Trinajstić information content (AvgIpc) is 0.811. The van der Waals surface area contributed by atoms with Crippen LogP contribution in [-0.4, -0.2) is 53.5 Å². The zero-order chi connectivity index (χ0) is 3.58. The predicted octanol–water partition coefficient (Wildman–Crippen LogP) is -3.09. The molecule has 0 aromatic heterocycles. The fourth-order valence-electron chi connectivity index (χ4n) is 0. The zero-order valence-electron chi connectivity index (χ0n) is 4.35. The maximum atomic E-state index is 8.52. The summed E-state index contributed by atoms with van der Waals surface area (Å²) >= 11 is 0. The van der Waals surface area contributed by atoms with Crippen LogP contribution in [0.2, 0.25) is 0 Å². The van der Waals surface area contributed by atoms with E-state index in [9.17, 15) is 0 Å². The van der Waals surface area contributed by atoms with Crippen LogP contribution < -0.4 is 9.32 Å². The Hall–Kier alpha value is 1.74. The van der Waals surface area contributed by atoms with E-state index in [0.717, 1.165) is 0 Å². The van der Waals surface area contributed by atoms with E-state index >= 15 is 0 Å². The van der Waals surface area contributed by atoms with Gasteiger partial charge in [0.15, 0.2) is 0 Å². The predicted molar refractivity (Wildman–Crippen MR) is 10.2 cm³/mol. The van der Waals surface area contributed by atoms with E-state index < -0.39 is 10.8 Å². The van der Waals surface area contributed by atoms with Crippen LogP contribution in [0, 0.1) is 10.8 Å². The largest absolute Gasteiger partial charge is 2.00 e. The Morgan fingerprint density at radius 2 is 1.60 bits per heavy atom. The molecular weight excluding hydrogens is 221 g/mol. The van der Waals surface area contributed by atoms with Gasteiger partial charge in [-0.3, -0.25) is 0 Å². The summed E-state index contributed by atoms with van der Waals surface area (Å²) in [5, 5.41) is 0. The van der Waals surface area contributed by atoms with Crippen LogP contribution in [0.25, 0.3) is 0 Å². The molecule has 1 N–H and O–H groups in total. The van der Waals surface area contributed by atoms with Crippen LogP contribution in [0.1, 0.15) is 2.85 Å². The summed E-state index contributed by atoms with van der Waals surface area (Å²) in [4.78, 5) is 0. The molecule has 0 rings (SSSR count). The van der Waals surface area contributed by atoms with Gasteiger partial charge in [0.05, 0.1) is 0 Å². The minimum atomic E-state index is -2.60. The van der Waals surface area contributed by atoms with Crippen molar-refractivity contribution >= 4 is 48.9 Å². The van der Waals surface area contributed by atoms with E-state index in [-0.39, 0.29) is 51.7 Å². The van der Waals surface area contributed by atoms with Crippen molar-refractivity contribution in [2.24, 2.45) is 0 Å². The Balaban J connectivity index is -0.0000000150. The van der Waals surface area contributed by atoms with Crippen molar-refractivity contribution < 1.29 is 27.6 Å². The topological polar surface area (TPSA) is 66.3 Å². The van der Waals surface area contributed by atoms with Gasteiger partial charge < -0.3 is 12.2 Å². The van der Waals surface area contributed by atoms with Crippen LogP contribution in [-0.2, 0) is 0 Å². The number of hydrogen-bond donors (Lipinski definition) is 1. The number of halogens is 1. The molecule has 5 heteroatoms. The molecule has 0 aliphatic heterocycles. The van der Waals surface area contributed by atoms with Gasteiger partial charge in [-0.15, -0.1) is 0 Å². The first-order valence-electron chi connectivity index (χ1n) is 0.478. The molecule has 0 aliphatic carbocycles. The Morgan fingerprint density at radius 3 is 1.60 bits per heavy atom. The van der Waals surface area contributed by atoms with Gasteiger partial charge in [-0.25, -0.2) is 0 Å². The third-order valence-electron chi connectivity index (χ3n) is 0. The molecule has 0 fully saturated rings. The summed E-state index contributed by atoms with van der Waals surface area (Å²) in [5.41, 5.74) is 0. The Bertz CT molecular complexity index is 17.7. The molecule has 0 saturated heterocycles. The van der Waals surface area contributed by atoms with E-state index in [2.05, 4.69) is 0 Å². The van der Waals surface area contributed by atoms with Crippen LogP contribution in [0.5, 0.6) is 0 Å². The van der Waals surface area contributed by atoms with Crippen molar-refractivity contribution in [3.63, 3.8) is 0 Å². The van der Waals surface area contributed by atoms with Crippen molar-refractivity contribution in [3.05, 3.63) is 0 Å². The summed E-state index contributed by atoms with van der Waals surface area (Å²) in [6.45, 7) is 0. The number of rotatable bonds is 0. The van der Waals surface area contributed by atoms with Crippen molar-refractivity contribution in [2.45, 2.75) is 0 Å².